The number of fused-ring (bicyclic) bond motifs is 9. The van der Waals surface area contributed by atoms with Crippen molar-refractivity contribution in [2.75, 3.05) is 48.4 Å². The minimum atomic E-state index is 0.223. The number of anilines is 2. The third kappa shape index (κ3) is 26.3. The van der Waals surface area contributed by atoms with Crippen LogP contribution in [0.4, 0.5) is 11.4 Å². The standard InChI is InChI=1S/3C12H17N.3C12H16O.3C12H16S/c1-12(2,3)11-5-4-9-7-13-8-10(9)6-11;1-12(2,3)10-4-5-11-9(8-10)6-7-13-11;1-12(2,3)10-5-4-9-6-7-13-11(9)8-10;1-12(2,3)11-5-4-9-7-13-8-10(9)6-11;1-12(2,3)10-4-5-11-9(8-10)6-7-13-11;1-12(2,3)10-5-4-9-6-7-13-11(9)8-10;1-12(2,3)11-5-4-9-7-13-8-10(9)6-11;1-12(2,3)10-4-5-11-9(8-10)6-7-13-11;1-12(2,3)10-5-4-9-6-7-13-11(9)8-10/h4-6,13H,7-8H2,1-3H3;2*4-5,8,13H,6-7H2,1-3H3;4-6H,7-8H2,1-3H3;2*4-5,8H,6-7H2,1-3H3;4-6H,7-8H2,1-3H3;2*4-5,8H,6-7H2,1-3H3. The minimum Gasteiger partial charge on any atom is -0.493 e. The number of aryl methyl sites for hydroxylation is 2. The molecule has 0 aliphatic carbocycles. The maximum Gasteiger partial charge on any atom is 0.122 e. The summed E-state index contributed by atoms with van der Waals surface area (Å²) in [6, 6.07) is 61.2. The molecule has 9 aliphatic rings. The number of rotatable bonds is 0. The SMILES string of the molecule is CC(C)(C)c1ccc2c(c1)CCN2.CC(C)(C)c1ccc2c(c1)CCO2.CC(C)(C)c1ccc2c(c1)CCS2.CC(C)(C)c1ccc2c(c1)CNC2.CC(C)(C)c1ccc2c(c1)COC2.CC(C)(C)c1ccc2c(c1)CSC2.CC(C)(C)c1ccc2c(c1)NCC2.CC(C)(C)c1ccc2c(c1)OCC2.CC(C)(C)c1ccc2c(c1)SCC2. The van der Waals surface area contributed by atoms with Gasteiger partial charge in [-0.2, -0.15) is 11.8 Å². The molecular formula is C108H147N3O3S3. The molecule has 0 atom stereocenters. The van der Waals surface area contributed by atoms with Crippen LogP contribution in [0.15, 0.2) is 174 Å². The highest BCUT2D eigenvalue weighted by atomic mass is 32.2. The van der Waals surface area contributed by atoms with E-state index in [2.05, 4.69) is 367 Å². The maximum absolute atomic E-state index is 5.53. The lowest BCUT2D eigenvalue weighted by Gasteiger charge is -2.19. The van der Waals surface area contributed by atoms with Crippen molar-refractivity contribution in [3.8, 4) is 11.5 Å². The smallest absolute Gasteiger partial charge is 0.122 e. The molecule has 6 nitrogen and oxygen atoms in total. The summed E-state index contributed by atoms with van der Waals surface area (Å²) < 4.78 is 16.4. The van der Waals surface area contributed by atoms with Gasteiger partial charge >= 0.3 is 0 Å². The zero-order chi connectivity index (χ0) is 85.3. The number of hydrogen-bond acceptors (Lipinski definition) is 9. The van der Waals surface area contributed by atoms with Crippen molar-refractivity contribution < 1.29 is 14.2 Å². The van der Waals surface area contributed by atoms with Gasteiger partial charge in [0, 0.05) is 83.2 Å². The third-order valence-corrected chi connectivity index (χ3v) is 26.7. The summed E-state index contributed by atoms with van der Waals surface area (Å²) in [4.78, 5) is 3.00. The van der Waals surface area contributed by atoms with E-state index in [9.17, 15) is 0 Å². The number of hydrogen-bond donors (Lipinski definition) is 3. The highest BCUT2D eigenvalue weighted by molar-refractivity contribution is 7.99. The predicted molar refractivity (Wildman–Crippen MR) is 512 cm³/mol. The lowest BCUT2D eigenvalue weighted by molar-refractivity contribution is 0.134. The van der Waals surface area contributed by atoms with Crippen LogP contribution in [-0.4, -0.2) is 37.8 Å². The van der Waals surface area contributed by atoms with E-state index < -0.39 is 0 Å². The quantitative estimate of drug-likeness (QED) is 0.138. The second kappa shape index (κ2) is 38.5. The van der Waals surface area contributed by atoms with Gasteiger partial charge in [-0.3, -0.25) is 0 Å². The van der Waals surface area contributed by atoms with Gasteiger partial charge in [-0.05, 0) is 228 Å². The van der Waals surface area contributed by atoms with Crippen molar-refractivity contribution in [1.29, 1.82) is 0 Å². The van der Waals surface area contributed by atoms with Crippen LogP contribution in [0.2, 0.25) is 0 Å². The van der Waals surface area contributed by atoms with Crippen LogP contribution in [0, 0.1) is 0 Å². The highest BCUT2D eigenvalue weighted by Gasteiger charge is 2.27. The average molecular weight is 1630 g/mol. The van der Waals surface area contributed by atoms with E-state index >= 15 is 0 Å². The Labute approximate surface area is 723 Å². The average Bonchev–Trinajstić information content (AvgIpc) is 1.84. The Morgan fingerprint density at radius 3 is 1.21 bits per heavy atom. The first-order valence-electron chi connectivity index (χ1n) is 43.7. The van der Waals surface area contributed by atoms with Gasteiger partial charge in [0.1, 0.15) is 11.5 Å². The molecule has 3 N–H and O–H groups in total. The molecular weight excluding hydrogens is 1480 g/mol. The fraction of sp³-hybridized carbons (Fsp3) is 0.500. The van der Waals surface area contributed by atoms with Crippen molar-refractivity contribution in [2.24, 2.45) is 0 Å². The molecule has 0 amide bonds. The normalized spacial score (nSPS) is 15.6. The second-order valence-corrected chi connectivity index (χ2v) is 45.8. The molecule has 9 heteroatoms. The summed E-state index contributed by atoms with van der Waals surface area (Å²) in [5.74, 6) is 7.12. The van der Waals surface area contributed by atoms with Gasteiger partial charge in [-0.1, -0.05) is 314 Å². The molecule has 18 rings (SSSR count). The summed E-state index contributed by atoms with van der Waals surface area (Å²) >= 11 is 6.01. The van der Waals surface area contributed by atoms with Gasteiger partial charge < -0.3 is 30.2 Å². The van der Waals surface area contributed by atoms with Crippen molar-refractivity contribution in [1.82, 2.24) is 5.32 Å². The molecule has 117 heavy (non-hydrogen) atoms. The van der Waals surface area contributed by atoms with Crippen molar-refractivity contribution in [3.05, 3.63) is 281 Å². The van der Waals surface area contributed by atoms with Crippen molar-refractivity contribution in [2.45, 2.75) is 322 Å². The second-order valence-electron chi connectivity index (χ2n) is 42.6. The maximum atomic E-state index is 5.53. The molecule has 9 aliphatic heterocycles. The van der Waals surface area contributed by atoms with Gasteiger partial charge in [0.2, 0.25) is 0 Å². The van der Waals surface area contributed by atoms with Crippen molar-refractivity contribution >= 4 is 46.7 Å². The molecule has 9 aromatic rings. The summed E-state index contributed by atoms with van der Waals surface area (Å²) in [6.07, 6.45) is 7.01. The Morgan fingerprint density at radius 2 is 0.632 bits per heavy atom. The first-order chi connectivity index (χ1) is 54.6. The van der Waals surface area contributed by atoms with Crippen LogP contribution >= 0.6 is 35.3 Å². The molecule has 0 radical (unpaired) electrons. The number of thioether (sulfide) groups is 3. The molecule has 630 valence electrons. The van der Waals surface area contributed by atoms with E-state index in [0.717, 1.165) is 76.9 Å². The van der Waals surface area contributed by atoms with Gasteiger partial charge in [0.25, 0.3) is 0 Å². The van der Waals surface area contributed by atoms with E-state index in [4.69, 9.17) is 14.2 Å². The van der Waals surface area contributed by atoms with Crippen LogP contribution in [0.3, 0.4) is 0 Å². The van der Waals surface area contributed by atoms with Crippen LogP contribution in [0.25, 0.3) is 0 Å². The molecule has 0 spiro atoms. The molecule has 0 bridgehead atoms. The fourth-order valence-electron chi connectivity index (χ4n) is 15.1. The zero-order valence-corrected chi connectivity index (χ0v) is 79.7. The molecule has 0 saturated carbocycles. The summed E-state index contributed by atoms with van der Waals surface area (Å²) in [6.45, 7) is 68.5. The molecule has 0 fully saturated rings. The van der Waals surface area contributed by atoms with E-state index in [1.54, 1.807) is 11.1 Å². The first-order valence-corrected chi connectivity index (χ1v) is 46.8. The molecule has 0 unspecified atom stereocenters. The van der Waals surface area contributed by atoms with Crippen LogP contribution in [-0.2, 0) is 130 Å². The van der Waals surface area contributed by atoms with Gasteiger partial charge in [-0.25, -0.2) is 0 Å². The molecule has 9 aromatic carbocycles. The Balaban J connectivity index is 0.000000139. The van der Waals surface area contributed by atoms with E-state index in [0.29, 0.717) is 10.8 Å². The van der Waals surface area contributed by atoms with E-state index in [1.807, 2.05) is 35.3 Å². The largest absolute Gasteiger partial charge is 0.493 e. The first kappa shape index (κ1) is 92.4. The van der Waals surface area contributed by atoms with Crippen molar-refractivity contribution in [3.63, 3.8) is 0 Å². The Bertz CT molecular complexity index is 3860. The van der Waals surface area contributed by atoms with E-state index in [1.165, 1.54) is 176 Å². The number of ether oxygens (including phenoxy) is 3. The molecule has 9 heterocycles. The zero-order valence-electron chi connectivity index (χ0n) is 77.3. The molecule has 0 aromatic heterocycles. The lowest BCUT2D eigenvalue weighted by Crippen LogP contribution is -2.11. The number of nitrogens with one attached hydrogen (secondary N) is 3. The summed E-state index contributed by atoms with van der Waals surface area (Å²) in [7, 11) is 0. The highest BCUT2D eigenvalue weighted by Crippen LogP contribution is 2.40. The van der Waals surface area contributed by atoms with Gasteiger partial charge in [0.05, 0.1) is 26.4 Å². The molecule has 0 saturated heterocycles. The minimum absolute atomic E-state index is 0.223. The van der Waals surface area contributed by atoms with E-state index in [-0.39, 0.29) is 37.9 Å². The van der Waals surface area contributed by atoms with Crippen LogP contribution in [0.1, 0.15) is 304 Å². The summed E-state index contributed by atoms with van der Waals surface area (Å²) in [5, 5.41) is 10.2. The van der Waals surface area contributed by atoms with Gasteiger partial charge in [-0.15, -0.1) is 23.5 Å². The Morgan fingerprint density at radius 1 is 0.256 bits per heavy atom. The van der Waals surface area contributed by atoms with Crippen LogP contribution in [0.5, 0.6) is 11.5 Å². The third-order valence-electron chi connectivity index (χ3n) is 23.5. The lowest BCUT2D eigenvalue weighted by atomic mass is 9.85. The Kier molecular flexibility index (Phi) is 30.4. The van der Waals surface area contributed by atoms with Crippen LogP contribution < -0.4 is 25.4 Å². The Hall–Kier alpha value is -6.85. The van der Waals surface area contributed by atoms with Gasteiger partial charge in [0.15, 0.2) is 0 Å². The number of benzene rings is 9. The fourth-order valence-corrected chi connectivity index (χ4v) is 18.4. The monoisotopic (exact) mass is 1630 g/mol. The predicted octanol–water partition coefficient (Wildman–Crippen LogP) is 28.3. The summed E-state index contributed by atoms with van der Waals surface area (Å²) in [5.41, 5.74) is 35.4. The topological polar surface area (TPSA) is 63.8 Å².